The van der Waals surface area contributed by atoms with Gasteiger partial charge in [-0.3, -0.25) is 4.72 Å². The first-order valence-electron chi connectivity index (χ1n) is 11.8. The van der Waals surface area contributed by atoms with Gasteiger partial charge >= 0.3 is 24.0 Å². The number of nitrogens with one attached hydrogen (secondary N) is 1. The van der Waals surface area contributed by atoms with Crippen LogP contribution in [-0.4, -0.2) is 49.0 Å². The predicted octanol–water partition coefficient (Wildman–Crippen LogP) is 7.26. The number of carboxylic acid groups (broad SMARTS) is 1. The van der Waals surface area contributed by atoms with Gasteiger partial charge in [-0.05, 0) is 23.8 Å². The van der Waals surface area contributed by atoms with Crippen molar-refractivity contribution in [3.05, 3.63) is 76.7 Å². The van der Waals surface area contributed by atoms with Crippen molar-refractivity contribution in [1.29, 1.82) is 0 Å². The standard InChI is InChI=1S/C26H15F9N2O6S2/c1-43-18-8-15(23(39)40)16(27)9-17(18)37-45(41,42)19-10-44-22(36-19)14-7-6-13(21(38)20(14)28)11-2-4-12(5-3-11)24(29,25(30,31)32)26(33,34)35/h2-10,37-38H,1H3,(H,39,40). The quantitative estimate of drug-likeness (QED) is 0.167. The number of carboxylic acids is 1. The number of aromatic carboxylic acids is 1. The van der Waals surface area contributed by atoms with Crippen LogP contribution in [0.15, 0.2) is 58.9 Å². The van der Waals surface area contributed by atoms with E-state index in [9.17, 15) is 53.4 Å². The largest absolute Gasteiger partial charge is 0.504 e. The molecule has 0 aliphatic carbocycles. The van der Waals surface area contributed by atoms with E-state index in [1.807, 2.05) is 4.72 Å². The zero-order valence-corrected chi connectivity index (χ0v) is 23.5. The third-order valence-electron chi connectivity index (χ3n) is 6.24. The van der Waals surface area contributed by atoms with Gasteiger partial charge in [0.05, 0.1) is 23.9 Å². The van der Waals surface area contributed by atoms with Crippen molar-refractivity contribution in [2.75, 3.05) is 11.8 Å². The van der Waals surface area contributed by atoms with Crippen molar-refractivity contribution in [3.8, 4) is 33.2 Å². The lowest BCUT2D eigenvalue weighted by molar-refractivity contribution is -0.348. The summed E-state index contributed by atoms with van der Waals surface area (Å²) in [7, 11) is -3.56. The molecule has 0 aliphatic heterocycles. The van der Waals surface area contributed by atoms with Crippen LogP contribution in [0.2, 0.25) is 0 Å². The van der Waals surface area contributed by atoms with Crippen molar-refractivity contribution in [3.63, 3.8) is 0 Å². The number of nitrogens with zero attached hydrogens (tertiary/aromatic N) is 1. The molecule has 4 rings (SSSR count). The number of rotatable bonds is 8. The van der Waals surface area contributed by atoms with Crippen molar-refractivity contribution < 1.29 is 67.7 Å². The molecule has 19 heteroatoms. The number of methoxy groups -OCH3 is 1. The highest BCUT2D eigenvalue weighted by atomic mass is 32.2. The number of carbonyl (C=O) groups is 1. The summed E-state index contributed by atoms with van der Waals surface area (Å²) in [5.74, 6) is -5.85. The average molecular weight is 687 g/mol. The molecule has 0 saturated carbocycles. The zero-order chi connectivity index (χ0) is 33.7. The minimum atomic E-state index is -6.36. The second-order valence-electron chi connectivity index (χ2n) is 8.99. The molecule has 3 aromatic carbocycles. The molecular formula is C26H15F9N2O6S2. The lowest BCUT2D eigenvalue weighted by atomic mass is 9.92. The number of halogens is 9. The first kappa shape index (κ1) is 33.4. The Kier molecular flexibility index (Phi) is 8.49. The van der Waals surface area contributed by atoms with E-state index in [0.717, 1.165) is 30.7 Å². The lowest BCUT2D eigenvalue weighted by Gasteiger charge is -2.30. The summed E-state index contributed by atoms with van der Waals surface area (Å²) in [5, 5.41) is 19.4. The Morgan fingerprint density at radius 3 is 2.04 bits per heavy atom. The molecule has 0 unspecified atom stereocenters. The minimum Gasteiger partial charge on any atom is -0.504 e. The minimum absolute atomic E-state index is 0.183. The van der Waals surface area contributed by atoms with Crippen molar-refractivity contribution in [1.82, 2.24) is 4.98 Å². The molecule has 8 nitrogen and oxygen atoms in total. The molecule has 1 heterocycles. The number of benzene rings is 3. The third kappa shape index (κ3) is 5.96. The van der Waals surface area contributed by atoms with E-state index in [2.05, 4.69) is 4.98 Å². The number of sulfonamides is 1. The molecule has 1 aromatic heterocycles. The highest BCUT2D eigenvalue weighted by Gasteiger charge is 2.73. The Balaban J connectivity index is 1.65. The molecule has 0 saturated heterocycles. The maximum Gasteiger partial charge on any atom is 0.435 e. The van der Waals surface area contributed by atoms with Crippen molar-refractivity contribution in [2.24, 2.45) is 0 Å². The number of alkyl halides is 7. The summed E-state index contributed by atoms with van der Waals surface area (Å²) in [4.78, 5) is 14.9. The number of anilines is 1. The summed E-state index contributed by atoms with van der Waals surface area (Å²) >= 11 is 0.574. The predicted molar refractivity (Wildman–Crippen MR) is 140 cm³/mol. The van der Waals surface area contributed by atoms with E-state index in [1.54, 1.807) is 0 Å². The van der Waals surface area contributed by atoms with E-state index in [1.165, 1.54) is 0 Å². The van der Waals surface area contributed by atoms with Crippen molar-refractivity contribution >= 4 is 33.0 Å². The summed E-state index contributed by atoms with van der Waals surface area (Å²) in [6, 6.07) is 4.85. The summed E-state index contributed by atoms with van der Waals surface area (Å²) in [6.07, 6.45) is -12.7. The van der Waals surface area contributed by atoms with Crippen LogP contribution < -0.4 is 9.46 Å². The summed E-state index contributed by atoms with van der Waals surface area (Å²) in [5.41, 5.74) is -9.99. The van der Waals surface area contributed by atoms with Crippen LogP contribution in [0.5, 0.6) is 11.5 Å². The fourth-order valence-corrected chi connectivity index (χ4v) is 6.17. The van der Waals surface area contributed by atoms with Crippen LogP contribution in [0, 0.1) is 11.6 Å². The van der Waals surface area contributed by atoms with Gasteiger partial charge in [-0.15, -0.1) is 11.3 Å². The molecule has 0 radical (unpaired) electrons. The summed E-state index contributed by atoms with van der Waals surface area (Å²) in [6.45, 7) is 0. The Morgan fingerprint density at radius 1 is 0.933 bits per heavy atom. The Hall–Kier alpha value is -4.52. The number of ether oxygens (including phenoxy) is 1. The van der Waals surface area contributed by atoms with E-state index in [-0.39, 0.29) is 28.5 Å². The molecule has 0 bridgehead atoms. The van der Waals surface area contributed by atoms with Gasteiger partial charge in [0.1, 0.15) is 16.6 Å². The molecule has 4 aromatic rings. The number of hydrogen-bond acceptors (Lipinski definition) is 7. The number of hydrogen-bond donors (Lipinski definition) is 3. The molecule has 3 N–H and O–H groups in total. The Bertz CT molecular complexity index is 1880. The number of aromatic nitrogens is 1. The van der Waals surface area contributed by atoms with Crippen LogP contribution in [0.4, 0.5) is 45.2 Å². The summed E-state index contributed by atoms with van der Waals surface area (Å²) < 4.78 is 155. The molecule has 0 spiro atoms. The molecule has 0 atom stereocenters. The topological polar surface area (TPSA) is 126 Å². The molecule has 240 valence electrons. The average Bonchev–Trinajstić information content (AvgIpc) is 3.44. The van der Waals surface area contributed by atoms with Gasteiger partial charge in [-0.1, -0.05) is 24.3 Å². The molecule has 0 aliphatic rings. The second-order valence-corrected chi connectivity index (χ2v) is 11.5. The number of phenolic OH excluding ortho intramolecular Hbond substituents is 1. The van der Waals surface area contributed by atoms with Gasteiger partial charge < -0.3 is 14.9 Å². The number of phenols is 1. The fourth-order valence-electron chi connectivity index (χ4n) is 4.00. The van der Waals surface area contributed by atoms with Gasteiger partial charge in [0.2, 0.25) is 0 Å². The van der Waals surface area contributed by atoms with Crippen LogP contribution >= 0.6 is 11.3 Å². The van der Waals surface area contributed by atoms with Crippen LogP contribution in [0.3, 0.4) is 0 Å². The van der Waals surface area contributed by atoms with Gasteiger partial charge in [0.25, 0.3) is 10.0 Å². The third-order valence-corrected chi connectivity index (χ3v) is 8.52. The van der Waals surface area contributed by atoms with Gasteiger partial charge in [0, 0.05) is 22.6 Å². The van der Waals surface area contributed by atoms with Crippen molar-refractivity contribution in [2.45, 2.75) is 23.0 Å². The second kappa shape index (κ2) is 11.4. The Morgan fingerprint density at radius 2 is 1.51 bits per heavy atom. The van der Waals surface area contributed by atoms with Crippen LogP contribution in [-0.2, 0) is 15.7 Å². The highest BCUT2D eigenvalue weighted by molar-refractivity contribution is 7.92. The van der Waals surface area contributed by atoms with E-state index in [0.29, 0.717) is 29.5 Å². The zero-order valence-electron chi connectivity index (χ0n) is 21.9. The van der Waals surface area contributed by atoms with Gasteiger partial charge in [-0.2, -0.15) is 34.8 Å². The molecule has 0 amide bonds. The van der Waals surface area contributed by atoms with E-state index in [4.69, 9.17) is 9.84 Å². The lowest BCUT2D eigenvalue weighted by Crippen LogP contribution is -2.50. The molecular weight excluding hydrogens is 671 g/mol. The maximum atomic E-state index is 15.2. The highest BCUT2D eigenvalue weighted by Crippen LogP contribution is 2.53. The van der Waals surface area contributed by atoms with E-state index < -0.39 is 84.4 Å². The SMILES string of the molecule is COc1cc(C(=O)O)c(F)cc1NS(=O)(=O)c1csc(-c2ccc(-c3ccc(C(F)(C(F)(F)F)C(F)(F)F)cc3)c(O)c2F)n1. The number of thiazole rings is 1. The normalized spacial score (nSPS) is 12.7. The number of aromatic hydroxyl groups is 1. The van der Waals surface area contributed by atoms with Crippen LogP contribution in [0.25, 0.3) is 21.7 Å². The maximum absolute atomic E-state index is 15.2. The smallest absolute Gasteiger partial charge is 0.435 e. The van der Waals surface area contributed by atoms with E-state index >= 15 is 4.39 Å². The molecule has 45 heavy (non-hydrogen) atoms. The monoisotopic (exact) mass is 686 g/mol. The first-order valence-corrected chi connectivity index (χ1v) is 14.1. The molecule has 0 fully saturated rings. The Labute approximate surface area is 250 Å². The van der Waals surface area contributed by atoms with Gasteiger partial charge in [-0.25, -0.2) is 22.9 Å². The fraction of sp³-hybridized carbons (Fsp3) is 0.154. The van der Waals surface area contributed by atoms with Gasteiger partial charge in [0.15, 0.2) is 16.6 Å². The van der Waals surface area contributed by atoms with Crippen LogP contribution in [0.1, 0.15) is 15.9 Å². The first-order chi connectivity index (χ1) is 20.7.